The van der Waals surface area contributed by atoms with Crippen LogP contribution in [-0.2, 0) is 9.47 Å². The van der Waals surface area contributed by atoms with E-state index in [1.165, 1.54) is 18.4 Å². The molecular weight excluding hydrogens is 212 g/mol. The standard InChI is InChI=1S/C15H20O2/c1-12-6-5-9-15(10-12)16-11-14(17-15)13-7-3-2-4-8-13/h2-4,7-8,12,14H,5-6,9-11H2,1H3. The second kappa shape index (κ2) is 4.43. The third kappa shape index (κ3) is 2.24. The summed E-state index contributed by atoms with van der Waals surface area (Å²) in [7, 11) is 0. The van der Waals surface area contributed by atoms with Gasteiger partial charge in [0.05, 0.1) is 6.61 Å². The van der Waals surface area contributed by atoms with Crippen molar-refractivity contribution in [2.75, 3.05) is 6.61 Å². The monoisotopic (exact) mass is 232 g/mol. The molecule has 0 amide bonds. The quantitative estimate of drug-likeness (QED) is 0.735. The molecule has 1 aliphatic heterocycles. The summed E-state index contributed by atoms with van der Waals surface area (Å²) >= 11 is 0. The molecule has 1 spiro atoms. The lowest BCUT2D eigenvalue weighted by molar-refractivity contribution is -0.196. The van der Waals surface area contributed by atoms with Crippen LogP contribution in [0.5, 0.6) is 0 Å². The Morgan fingerprint density at radius 3 is 2.82 bits per heavy atom. The minimum Gasteiger partial charge on any atom is -0.347 e. The van der Waals surface area contributed by atoms with Crippen LogP contribution in [0.3, 0.4) is 0 Å². The summed E-state index contributed by atoms with van der Waals surface area (Å²) in [5.74, 6) is 0.441. The summed E-state index contributed by atoms with van der Waals surface area (Å²) in [6, 6.07) is 10.4. The van der Waals surface area contributed by atoms with E-state index in [9.17, 15) is 0 Å². The highest BCUT2D eigenvalue weighted by molar-refractivity contribution is 5.18. The van der Waals surface area contributed by atoms with E-state index in [0.717, 1.165) is 18.8 Å². The molecular formula is C15H20O2. The van der Waals surface area contributed by atoms with Crippen molar-refractivity contribution in [3.05, 3.63) is 35.9 Å². The van der Waals surface area contributed by atoms with Gasteiger partial charge in [0.15, 0.2) is 5.79 Å². The predicted molar refractivity (Wildman–Crippen MR) is 66.6 cm³/mol. The molecule has 2 heteroatoms. The number of hydrogen-bond donors (Lipinski definition) is 0. The van der Waals surface area contributed by atoms with E-state index in [-0.39, 0.29) is 11.9 Å². The van der Waals surface area contributed by atoms with Gasteiger partial charge in [0.1, 0.15) is 6.10 Å². The zero-order chi connectivity index (χ0) is 11.7. The Labute approximate surface area is 103 Å². The molecule has 17 heavy (non-hydrogen) atoms. The maximum absolute atomic E-state index is 6.22. The van der Waals surface area contributed by atoms with Crippen LogP contribution >= 0.6 is 0 Å². The molecule has 92 valence electrons. The van der Waals surface area contributed by atoms with Gasteiger partial charge in [0, 0.05) is 12.8 Å². The topological polar surface area (TPSA) is 18.5 Å². The van der Waals surface area contributed by atoms with Crippen LogP contribution in [0.25, 0.3) is 0 Å². The first-order valence-electron chi connectivity index (χ1n) is 6.64. The third-order valence-corrected chi connectivity index (χ3v) is 3.94. The van der Waals surface area contributed by atoms with Crippen LogP contribution in [0, 0.1) is 5.92 Å². The molecule has 0 bridgehead atoms. The first-order chi connectivity index (χ1) is 8.27. The number of hydrogen-bond acceptors (Lipinski definition) is 2. The molecule has 0 aromatic heterocycles. The summed E-state index contributed by atoms with van der Waals surface area (Å²) in [5, 5.41) is 0. The van der Waals surface area contributed by atoms with Gasteiger partial charge in [0.25, 0.3) is 0 Å². The Morgan fingerprint density at radius 1 is 1.24 bits per heavy atom. The Kier molecular flexibility index (Phi) is 2.93. The molecule has 1 aromatic rings. The van der Waals surface area contributed by atoms with Crippen LogP contribution in [0.15, 0.2) is 30.3 Å². The van der Waals surface area contributed by atoms with Crippen molar-refractivity contribution in [1.82, 2.24) is 0 Å². The second-order valence-electron chi connectivity index (χ2n) is 5.44. The van der Waals surface area contributed by atoms with E-state index >= 15 is 0 Å². The summed E-state index contributed by atoms with van der Waals surface area (Å²) in [6.07, 6.45) is 4.77. The van der Waals surface area contributed by atoms with Crippen LogP contribution in [0.2, 0.25) is 0 Å². The lowest BCUT2D eigenvalue weighted by Crippen LogP contribution is -2.35. The van der Waals surface area contributed by atoms with Gasteiger partial charge in [-0.05, 0) is 17.9 Å². The van der Waals surface area contributed by atoms with Crippen molar-refractivity contribution in [2.24, 2.45) is 5.92 Å². The Hall–Kier alpha value is -0.860. The molecule has 2 nitrogen and oxygen atoms in total. The average Bonchev–Trinajstić information content (AvgIpc) is 2.74. The summed E-state index contributed by atoms with van der Waals surface area (Å²) < 4.78 is 12.2. The van der Waals surface area contributed by atoms with Gasteiger partial charge in [-0.3, -0.25) is 0 Å². The smallest absolute Gasteiger partial charge is 0.169 e. The number of ether oxygens (including phenoxy) is 2. The Bertz CT molecular complexity index is 376. The molecule has 0 N–H and O–H groups in total. The largest absolute Gasteiger partial charge is 0.347 e. The SMILES string of the molecule is CC1CCCC2(C1)OCC(c1ccccc1)O2. The van der Waals surface area contributed by atoms with Crippen LogP contribution < -0.4 is 0 Å². The van der Waals surface area contributed by atoms with Gasteiger partial charge in [-0.15, -0.1) is 0 Å². The molecule has 2 aliphatic rings. The molecule has 1 saturated carbocycles. The molecule has 1 saturated heterocycles. The van der Waals surface area contributed by atoms with Crippen molar-refractivity contribution in [2.45, 2.75) is 44.5 Å². The highest BCUT2D eigenvalue weighted by atomic mass is 16.7. The molecule has 2 fully saturated rings. The third-order valence-electron chi connectivity index (χ3n) is 3.94. The van der Waals surface area contributed by atoms with Crippen LogP contribution in [-0.4, -0.2) is 12.4 Å². The Balaban J connectivity index is 1.73. The Morgan fingerprint density at radius 2 is 2.06 bits per heavy atom. The normalized spacial score (nSPS) is 37.5. The highest BCUT2D eigenvalue weighted by Crippen LogP contribution is 2.44. The summed E-state index contributed by atoms with van der Waals surface area (Å²) in [4.78, 5) is 0. The van der Waals surface area contributed by atoms with Crippen molar-refractivity contribution in [3.8, 4) is 0 Å². The maximum atomic E-state index is 6.22. The van der Waals surface area contributed by atoms with Gasteiger partial charge in [-0.25, -0.2) is 0 Å². The minimum atomic E-state index is -0.280. The van der Waals surface area contributed by atoms with E-state index in [1.807, 2.05) is 6.07 Å². The average molecular weight is 232 g/mol. The number of benzene rings is 1. The minimum absolute atomic E-state index is 0.126. The van der Waals surface area contributed by atoms with Crippen molar-refractivity contribution < 1.29 is 9.47 Å². The van der Waals surface area contributed by atoms with Gasteiger partial charge >= 0.3 is 0 Å². The molecule has 3 rings (SSSR count). The lowest BCUT2D eigenvalue weighted by atomic mass is 9.86. The zero-order valence-electron chi connectivity index (χ0n) is 10.4. The lowest BCUT2D eigenvalue weighted by Gasteiger charge is -2.35. The molecule has 1 heterocycles. The van der Waals surface area contributed by atoms with Crippen LogP contribution in [0.1, 0.15) is 44.3 Å². The molecule has 1 aromatic carbocycles. The fourth-order valence-electron chi connectivity index (χ4n) is 3.08. The summed E-state index contributed by atoms with van der Waals surface area (Å²) in [5.41, 5.74) is 1.24. The van der Waals surface area contributed by atoms with E-state index in [4.69, 9.17) is 9.47 Å². The fourth-order valence-corrected chi connectivity index (χ4v) is 3.08. The van der Waals surface area contributed by atoms with Gasteiger partial charge in [0.2, 0.25) is 0 Å². The van der Waals surface area contributed by atoms with Crippen molar-refractivity contribution in [3.63, 3.8) is 0 Å². The predicted octanol–water partition coefficient (Wildman–Crippen LogP) is 3.68. The molecule has 0 radical (unpaired) electrons. The van der Waals surface area contributed by atoms with E-state index in [2.05, 4.69) is 31.2 Å². The maximum Gasteiger partial charge on any atom is 0.169 e. The first kappa shape index (κ1) is 11.2. The molecule has 3 atom stereocenters. The van der Waals surface area contributed by atoms with Gasteiger partial charge in [-0.1, -0.05) is 43.7 Å². The highest BCUT2D eigenvalue weighted by Gasteiger charge is 2.44. The first-order valence-corrected chi connectivity index (χ1v) is 6.64. The van der Waals surface area contributed by atoms with E-state index < -0.39 is 0 Å². The molecule has 1 aliphatic carbocycles. The molecule has 3 unspecified atom stereocenters. The number of rotatable bonds is 1. The van der Waals surface area contributed by atoms with Crippen molar-refractivity contribution in [1.29, 1.82) is 0 Å². The van der Waals surface area contributed by atoms with Crippen LogP contribution in [0.4, 0.5) is 0 Å². The van der Waals surface area contributed by atoms with E-state index in [1.54, 1.807) is 0 Å². The van der Waals surface area contributed by atoms with Gasteiger partial charge in [-0.2, -0.15) is 0 Å². The summed E-state index contributed by atoms with van der Waals surface area (Å²) in [6.45, 7) is 3.00. The van der Waals surface area contributed by atoms with E-state index in [0.29, 0.717) is 6.61 Å². The zero-order valence-corrected chi connectivity index (χ0v) is 10.4. The van der Waals surface area contributed by atoms with Crippen molar-refractivity contribution >= 4 is 0 Å². The fraction of sp³-hybridized carbons (Fsp3) is 0.600. The second-order valence-corrected chi connectivity index (χ2v) is 5.44. The van der Waals surface area contributed by atoms with Gasteiger partial charge < -0.3 is 9.47 Å².